The third kappa shape index (κ3) is 4.86. The minimum absolute atomic E-state index is 0.138. The quantitative estimate of drug-likeness (QED) is 0.772. The first-order valence-corrected chi connectivity index (χ1v) is 8.89. The number of nitrogens with zero attached hydrogens (tertiary/aromatic N) is 1. The van der Waals surface area contributed by atoms with Gasteiger partial charge in [-0.2, -0.15) is 0 Å². The molecule has 3 amide bonds. The van der Waals surface area contributed by atoms with Crippen LogP contribution in [-0.4, -0.2) is 29.9 Å². The van der Waals surface area contributed by atoms with Gasteiger partial charge in [-0.25, -0.2) is 4.79 Å². The number of rotatable bonds is 4. The third-order valence-corrected chi connectivity index (χ3v) is 4.37. The maximum Gasteiger partial charge on any atom is 0.321 e. The molecule has 0 aromatic heterocycles. The molecule has 26 heavy (non-hydrogen) atoms. The van der Waals surface area contributed by atoms with Crippen LogP contribution in [0.5, 0.6) is 0 Å². The van der Waals surface area contributed by atoms with Crippen molar-refractivity contribution < 1.29 is 9.59 Å². The molecular weight excluding hydrogens is 350 g/mol. The van der Waals surface area contributed by atoms with Crippen LogP contribution in [0.1, 0.15) is 18.4 Å². The molecule has 1 aliphatic rings. The van der Waals surface area contributed by atoms with Gasteiger partial charge in [-0.15, -0.1) is 0 Å². The lowest BCUT2D eigenvalue weighted by Crippen LogP contribution is -2.32. The Morgan fingerprint density at radius 1 is 0.923 bits per heavy atom. The summed E-state index contributed by atoms with van der Waals surface area (Å²) in [4.78, 5) is 26.2. The lowest BCUT2D eigenvalue weighted by atomic mass is 10.2. The molecule has 3 rings (SSSR count). The van der Waals surface area contributed by atoms with Gasteiger partial charge < -0.3 is 15.5 Å². The second-order valence-corrected chi connectivity index (χ2v) is 6.48. The van der Waals surface area contributed by atoms with Gasteiger partial charge in [-0.05, 0) is 48.7 Å². The molecule has 0 radical (unpaired) electrons. The number of anilines is 2. The average Bonchev–Trinajstić information content (AvgIpc) is 3.18. The van der Waals surface area contributed by atoms with Crippen molar-refractivity contribution in [3.05, 3.63) is 65.2 Å². The highest BCUT2D eigenvalue weighted by molar-refractivity contribution is 6.30. The van der Waals surface area contributed by atoms with E-state index in [0.29, 0.717) is 16.4 Å². The van der Waals surface area contributed by atoms with Gasteiger partial charge in [0.2, 0.25) is 5.91 Å². The van der Waals surface area contributed by atoms with Gasteiger partial charge in [-0.1, -0.05) is 35.9 Å². The number of carbonyl (C=O) groups excluding carboxylic acids is 2. The van der Waals surface area contributed by atoms with Crippen LogP contribution >= 0.6 is 11.6 Å². The van der Waals surface area contributed by atoms with Crippen LogP contribution in [0.2, 0.25) is 5.02 Å². The first kappa shape index (κ1) is 18.0. The molecule has 0 saturated carbocycles. The van der Waals surface area contributed by atoms with Crippen LogP contribution in [0, 0.1) is 0 Å². The first-order valence-electron chi connectivity index (χ1n) is 8.51. The number of benzene rings is 2. The summed E-state index contributed by atoms with van der Waals surface area (Å²) < 4.78 is 0. The molecule has 0 atom stereocenters. The maximum atomic E-state index is 12.3. The van der Waals surface area contributed by atoms with E-state index in [-0.39, 0.29) is 11.9 Å². The fourth-order valence-corrected chi connectivity index (χ4v) is 2.86. The van der Waals surface area contributed by atoms with E-state index in [1.165, 1.54) is 6.08 Å². The number of amides is 3. The second kappa shape index (κ2) is 8.54. The van der Waals surface area contributed by atoms with E-state index in [1.807, 2.05) is 24.3 Å². The first-order chi connectivity index (χ1) is 12.6. The zero-order chi connectivity index (χ0) is 18.4. The van der Waals surface area contributed by atoms with Crippen LogP contribution < -0.4 is 10.6 Å². The monoisotopic (exact) mass is 369 g/mol. The van der Waals surface area contributed by atoms with Gasteiger partial charge in [0.1, 0.15) is 0 Å². The average molecular weight is 370 g/mol. The standard InChI is InChI=1S/C20H20ClN3O2/c21-16-10-7-15(8-11-16)9-12-19(25)22-17-5-1-2-6-18(17)23-20(26)24-13-3-4-14-24/h1-2,5-12H,3-4,13-14H2,(H,22,25)(H,23,26)/b12-9+. The molecule has 0 spiro atoms. The number of halogens is 1. The fourth-order valence-electron chi connectivity index (χ4n) is 2.74. The molecule has 134 valence electrons. The predicted molar refractivity (Wildman–Crippen MR) is 105 cm³/mol. The van der Waals surface area contributed by atoms with E-state index in [9.17, 15) is 9.59 Å². The number of carbonyl (C=O) groups is 2. The van der Waals surface area contributed by atoms with E-state index >= 15 is 0 Å². The molecule has 0 bridgehead atoms. The molecule has 2 aromatic carbocycles. The molecule has 1 aliphatic heterocycles. The Morgan fingerprint density at radius 2 is 1.54 bits per heavy atom. The molecule has 2 N–H and O–H groups in total. The zero-order valence-electron chi connectivity index (χ0n) is 14.2. The van der Waals surface area contributed by atoms with Crippen LogP contribution in [-0.2, 0) is 4.79 Å². The van der Waals surface area contributed by atoms with E-state index in [0.717, 1.165) is 31.5 Å². The highest BCUT2D eigenvalue weighted by Crippen LogP contribution is 2.22. The lowest BCUT2D eigenvalue weighted by molar-refractivity contribution is -0.111. The normalized spacial score (nSPS) is 13.8. The number of likely N-dealkylation sites (tertiary alicyclic amines) is 1. The Labute approximate surface area is 157 Å². The number of urea groups is 1. The number of para-hydroxylation sites is 2. The van der Waals surface area contributed by atoms with Gasteiger partial charge >= 0.3 is 6.03 Å². The Balaban J connectivity index is 1.64. The molecule has 0 unspecified atom stereocenters. The summed E-state index contributed by atoms with van der Waals surface area (Å²) in [5, 5.41) is 6.32. The minimum Gasteiger partial charge on any atom is -0.325 e. The molecule has 0 aliphatic carbocycles. The summed E-state index contributed by atoms with van der Waals surface area (Å²) in [5.41, 5.74) is 2.02. The van der Waals surface area contributed by atoms with Crippen LogP contribution in [0.15, 0.2) is 54.6 Å². The summed E-state index contributed by atoms with van der Waals surface area (Å²) >= 11 is 5.85. The SMILES string of the molecule is O=C(/C=C/c1ccc(Cl)cc1)Nc1ccccc1NC(=O)N1CCCC1. The summed E-state index contributed by atoms with van der Waals surface area (Å²) in [7, 11) is 0. The lowest BCUT2D eigenvalue weighted by Gasteiger charge is -2.18. The summed E-state index contributed by atoms with van der Waals surface area (Å²) in [6.45, 7) is 1.54. The predicted octanol–water partition coefficient (Wildman–Crippen LogP) is 4.62. The van der Waals surface area contributed by atoms with E-state index in [4.69, 9.17) is 11.6 Å². The summed E-state index contributed by atoms with van der Waals surface area (Å²) in [6.07, 6.45) is 5.21. The fraction of sp³-hybridized carbons (Fsp3) is 0.200. The molecule has 1 fully saturated rings. The van der Waals surface area contributed by atoms with Gasteiger partial charge in [0.15, 0.2) is 0 Å². The van der Waals surface area contributed by atoms with Crippen molar-refractivity contribution in [3.8, 4) is 0 Å². The van der Waals surface area contributed by atoms with Gasteiger partial charge in [0.05, 0.1) is 11.4 Å². The van der Waals surface area contributed by atoms with Crippen molar-refractivity contribution in [2.24, 2.45) is 0 Å². The number of hydrogen-bond donors (Lipinski definition) is 2. The smallest absolute Gasteiger partial charge is 0.321 e. The minimum atomic E-state index is -0.275. The van der Waals surface area contributed by atoms with E-state index < -0.39 is 0 Å². The zero-order valence-corrected chi connectivity index (χ0v) is 15.0. The van der Waals surface area contributed by atoms with Crippen molar-refractivity contribution >= 4 is 41.0 Å². The van der Waals surface area contributed by atoms with Gasteiger partial charge in [0, 0.05) is 24.2 Å². The molecule has 6 heteroatoms. The molecular formula is C20H20ClN3O2. The van der Waals surface area contributed by atoms with Crippen molar-refractivity contribution in [1.29, 1.82) is 0 Å². The van der Waals surface area contributed by atoms with Crippen molar-refractivity contribution in [1.82, 2.24) is 4.90 Å². The largest absolute Gasteiger partial charge is 0.325 e. The Morgan fingerprint density at radius 3 is 2.19 bits per heavy atom. The van der Waals surface area contributed by atoms with Crippen molar-refractivity contribution in [2.45, 2.75) is 12.8 Å². The van der Waals surface area contributed by atoms with Gasteiger partial charge in [0.25, 0.3) is 0 Å². The number of nitrogens with one attached hydrogen (secondary N) is 2. The topological polar surface area (TPSA) is 61.4 Å². The molecule has 5 nitrogen and oxygen atoms in total. The summed E-state index contributed by atoms with van der Waals surface area (Å²) in [5.74, 6) is -0.275. The van der Waals surface area contributed by atoms with Crippen molar-refractivity contribution in [3.63, 3.8) is 0 Å². The highest BCUT2D eigenvalue weighted by Gasteiger charge is 2.18. The van der Waals surface area contributed by atoms with Crippen LogP contribution in [0.25, 0.3) is 6.08 Å². The highest BCUT2D eigenvalue weighted by atomic mass is 35.5. The summed E-state index contributed by atoms with van der Waals surface area (Å²) in [6, 6.07) is 14.2. The molecule has 2 aromatic rings. The van der Waals surface area contributed by atoms with Crippen LogP contribution in [0.4, 0.5) is 16.2 Å². The van der Waals surface area contributed by atoms with Gasteiger partial charge in [-0.3, -0.25) is 4.79 Å². The van der Waals surface area contributed by atoms with Crippen molar-refractivity contribution in [2.75, 3.05) is 23.7 Å². The Kier molecular flexibility index (Phi) is 5.92. The third-order valence-electron chi connectivity index (χ3n) is 4.12. The molecule has 1 heterocycles. The molecule has 1 saturated heterocycles. The van der Waals surface area contributed by atoms with E-state index in [1.54, 1.807) is 35.2 Å². The van der Waals surface area contributed by atoms with E-state index in [2.05, 4.69) is 10.6 Å². The number of hydrogen-bond acceptors (Lipinski definition) is 2. The van der Waals surface area contributed by atoms with Crippen LogP contribution in [0.3, 0.4) is 0 Å². The Hall–Kier alpha value is -2.79. The Bertz CT molecular complexity index is 812. The maximum absolute atomic E-state index is 12.3. The second-order valence-electron chi connectivity index (χ2n) is 6.04.